The number of fused-ring (bicyclic) bond motifs is 10. The number of hydrogen-bond acceptors (Lipinski definition) is 6. The maximum atomic E-state index is 10.5. The number of furan rings is 1. The van der Waals surface area contributed by atoms with Crippen molar-refractivity contribution in [3.63, 3.8) is 0 Å². The summed E-state index contributed by atoms with van der Waals surface area (Å²) >= 11 is 0. The van der Waals surface area contributed by atoms with E-state index in [4.69, 9.17) is 33.1 Å². The zero-order valence-electron chi connectivity index (χ0n) is 52.4. The van der Waals surface area contributed by atoms with Crippen molar-refractivity contribution >= 4 is 55.4 Å². The van der Waals surface area contributed by atoms with Crippen molar-refractivity contribution in [3.05, 3.63) is 217 Å². The SMILES string of the molecule is [2H]C1=C([2H])C2c3c([2H])c([2H])c4c5c([2H])c(C#N)c([2H])c([2H])c5n(-c5c([2H])c([2H])c([2H])c(-c6c([2H])c([2H])c([2H])c([2H])c6[2H])c5[2H])c4c3N(c3nc(-c4ccc([2H])cc4)nc(-c4cccc5c4oc4cccc(-c6ccccc6)c45)n3)C2C([2H])=C1[2H]. The highest BCUT2D eigenvalue weighted by atomic mass is 16.3. The van der Waals surface area contributed by atoms with Crippen molar-refractivity contribution in [3.8, 4) is 56.8 Å². The Morgan fingerprint density at radius 1 is 0.600 bits per heavy atom. The van der Waals surface area contributed by atoms with Gasteiger partial charge in [0.25, 0.3) is 0 Å². The smallest absolute Gasteiger partial charge is 0.234 e. The van der Waals surface area contributed by atoms with Gasteiger partial charge in [-0.25, -0.2) is 4.98 Å². The van der Waals surface area contributed by atoms with E-state index in [1.54, 1.807) is 30.3 Å². The van der Waals surface area contributed by atoms with Crippen LogP contribution in [0.4, 0.5) is 11.6 Å². The van der Waals surface area contributed by atoms with Crippen LogP contribution in [-0.4, -0.2) is 25.6 Å². The molecule has 3 aromatic heterocycles. The number of rotatable bonds is 6. The molecule has 4 heterocycles. The Labute approximate surface area is 400 Å². The molecule has 1 aliphatic carbocycles. The van der Waals surface area contributed by atoms with E-state index < -0.39 is 165 Å². The van der Waals surface area contributed by atoms with E-state index in [-0.39, 0.29) is 34.9 Å². The van der Waals surface area contributed by atoms with Crippen LogP contribution in [0.1, 0.15) is 43.1 Å². The molecule has 0 fully saturated rings. The van der Waals surface area contributed by atoms with Crippen LogP contribution in [0, 0.1) is 11.3 Å². The first-order chi connectivity index (χ1) is 40.1. The molecule has 2 aliphatic rings. The van der Waals surface area contributed by atoms with E-state index in [1.165, 1.54) is 17.0 Å². The van der Waals surface area contributed by atoms with Crippen molar-refractivity contribution in [1.82, 2.24) is 19.5 Å². The third-order valence-electron chi connectivity index (χ3n) is 11.5. The number of allylic oxidation sites excluding steroid dienone is 2. The Hall–Kier alpha value is -8.86. The molecule has 0 radical (unpaired) electrons. The molecule has 0 bridgehead atoms. The topological polar surface area (TPSA) is 83.8 Å². The van der Waals surface area contributed by atoms with Gasteiger partial charge in [0, 0.05) is 38.7 Å². The zero-order valence-corrected chi connectivity index (χ0v) is 33.4. The minimum atomic E-state index is -1.65. The summed E-state index contributed by atoms with van der Waals surface area (Å²) in [5.41, 5.74) is -1.19. The monoisotopic (exact) mass is 851 g/mol. The van der Waals surface area contributed by atoms with Gasteiger partial charge in [0.2, 0.25) is 5.95 Å². The molecule has 0 saturated carbocycles. The molecule has 13 rings (SSSR count). The Morgan fingerprint density at radius 2 is 1.40 bits per heavy atom. The molecule has 0 spiro atoms. The second-order valence-electron chi connectivity index (χ2n) is 15.1. The molecular formula is C58H36N6O. The van der Waals surface area contributed by atoms with Gasteiger partial charge in [0.05, 0.1) is 66.0 Å². The lowest BCUT2D eigenvalue weighted by Crippen LogP contribution is -2.30. The van der Waals surface area contributed by atoms with Crippen molar-refractivity contribution in [2.24, 2.45) is 0 Å². The summed E-state index contributed by atoms with van der Waals surface area (Å²) in [5, 5.41) is 11.0. The van der Waals surface area contributed by atoms with E-state index >= 15 is 0 Å². The fraction of sp³-hybridized carbons (Fsp3) is 0.0345. The second kappa shape index (κ2) is 14.6. The molecule has 7 heteroatoms. The molecule has 65 heavy (non-hydrogen) atoms. The number of anilines is 2. The van der Waals surface area contributed by atoms with Gasteiger partial charge in [-0.15, -0.1) is 0 Å². The summed E-state index contributed by atoms with van der Waals surface area (Å²) in [4.78, 5) is 16.3. The summed E-state index contributed by atoms with van der Waals surface area (Å²) in [6.07, 6.45) is 0. The highest BCUT2D eigenvalue weighted by Gasteiger charge is 2.42. The Morgan fingerprint density at radius 3 is 2.28 bits per heavy atom. The molecule has 0 N–H and O–H groups in total. The summed E-state index contributed by atoms with van der Waals surface area (Å²) in [6.45, 7) is 0. The van der Waals surface area contributed by atoms with Gasteiger partial charge in [-0.05, 0) is 70.2 Å². The molecule has 1 aliphatic heterocycles. The molecular weight excluding hydrogens is 797 g/mol. The van der Waals surface area contributed by atoms with Gasteiger partial charge in [0.1, 0.15) is 11.2 Å². The number of aromatic nitrogens is 4. The van der Waals surface area contributed by atoms with E-state index in [0.29, 0.717) is 27.7 Å². The van der Waals surface area contributed by atoms with Gasteiger partial charge in [0.15, 0.2) is 11.6 Å². The van der Waals surface area contributed by atoms with Crippen LogP contribution >= 0.6 is 0 Å². The largest absolute Gasteiger partial charge is 0.455 e. The third-order valence-corrected chi connectivity index (χ3v) is 11.5. The summed E-state index contributed by atoms with van der Waals surface area (Å²) in [5.74, 6) is -2.07. The minimum absolute atomic E-state index is 0.0484. The van der Waals surface area contributed by atoms with Gasteiger partial charge >= 0.3 is 0 Å². The van der Waals surface area contributed by atoms with Gasteiger partial charge in [-0.1, -0.05) is 163 Å². The second-order valence-corrected chi connectivity index (χ2v) is 15.1. The first kappa shape index (κ1) is 22.5. The molecule has 7 nitrogen and oxygen atoms in total. The van der Waals surface area contributed by atoms with Crippen LogP contribution in [0.2, 0.25) is 0 Å². The summed E-state index contributed by atoms with van der Waals surface area (Å²) in [7, 11) is 0. The number of para-hydroxylation sites is 1. The predicted molar refractivity (Wildman–Crippen MR) is 261 cm³/mol. The van der Waals surface area contributed by atoms with Crippen LogP contribution in [0.5, 0.6) is 0 Å². The average Bonchev–Trinajstić information content (AvgIpc) is 1.55. The van der Waals surface area contributed by atoms with Crippen molar-refractivity contribution < 1.29 is 30.5 Å². The van der Waals surface area contributed by atoms with E-state index in [1.807, 2.05) is 54.6 Å². The van der Waals surface area contributed by atoms with Crippen LogP contribution < -0.4 is 4.90 Å². The first-order valence-electron chi connectivity index (χ1n) is 29.8. The number of benzene rings is 8. The van der Waals surface area contributed by atoms with E-state index in [0.717, 1.165) is 21.1 Å². The van der Waals surface area contributed by atoms with Crippen LogP contribution in [0.25, 0.3) is 94.5 Å². The third kappa shape index (κ3) is 5.78. The lowest BCUT2D eigenvalue weighted by Gasteiger charge is -2.27. The van der Waals surface area contributed by atoms with E-state index in [2.05, 4.69) is 0 Å². The Balaban J connectivity index is 1.22. The molecule has 8 aromatic carbocycles. The minimum Gasteiger partial charge on any atom is -0.455 e. The van der Waals surface area contributed by atoms with Crippen LogP contribution in [0.15, 0.2) is 210 Å². The maximum absolute atomic E-state index is 10.5. The standard InChI is InChI=1S/C58H36N6O/c59-35-36-29-32-50-48(33-36)45-31-30-44-43-23-10-11-27-49(43)64(54(44)53(45)63(50)41-22-12-21-40(34-41)37-15-4-1-5-16-37)58-61-56(39-19-8-3-9-20-39)60-57(62-58)47-26-13-25-46-52-42(38-17-6-2-7-18-38)24-14-28-51(52)65-55(46)47/h1-34,43,49H/i1D,3D,4D,5D,10D,11D,12D,15D,16D,21D,22D,23D,27D,29D,30D,31D,32D,33D,34D. The van der Waals surface area contributed by atoms with Crippen molar-refractivity contribution in [1.29, 1.82) is 5.26 Å². The molecule has 2 atom stereocenters. The first-order valence-corrected chi connectivity index (χ1v) is 20.3. The van der Waals surface area contributed by atoms with Crippen LogP contribution in [0.3, 0.4) is 0 Å². The van der Waals surface area contributed by atoms with Crippen LogP contribution in [-0.2, 0) is 0 Å². The number of nitriles is 1. The molecule has 11 aromatic rings. The highest BCUT2D eigenvalue weighted by molar-refractivity contribution is 6.16. The van der Waals surface area contributed by atoms with Crippen molar-refractivity contribution in [2.75, 3.05) is 4.90 Å². The maximum Gasteiger partial charge on any atom is 0.234 e. The predicted octanol–water partition coefficient (Wildman–Crippen LogP) is 14.1. The molecule has 0 saturated heterocycles. The number of hydrogen-bond donors (Lipinski definition) is 0. The lowest BCUT2D eigenvalue weighted by atomic mass is 9.91. The van der Waals surface area contributed by atoms with Gasteiger partial charge in [-0.2, -0.15) is 15.2 Å². The van der Waals surface area contributed by atoms with E-state index in [9.17, 15) is 17.6 Å². The molecule has 0 amide bonds. The molecule has 304 valence electrons. The Kier molecular flexibility index (Phi) is 5.06. The number of nitrogens with zero attached hydrogens (tertiary/aromatic N) is 6. The summed E-state index contributed by atoms with van der Waals surface area (Å²) < 4.78 is 183. The fourth-order valence-corrected chi connectivity index (χ4v) is 8.78. The average molecular weight is 852 g/mol. The molecule has 2 unspecified atom stereocenters. The lowest BCUT2D eigenvalue weighted by molar-refractivity contribution is 0.669. The zero-order chi connectivity index (χ0) is 59.5. The highest BCUT2D eigenvalue weighted by Crippen LogP contribution is 2.53. The van der Waals surface area contributed by atoms with Gasteiger partial charge in [-0.3, -0.25) is 0 Å². The quantitative estimate of drug-likeness (QED) is 0.166. The van der Waals surface area contributed by atoms with Crippen molar-refractivity contribution in [2.45, 2.75) is 12.0 Å². The van der Waals surface area contributed by atoms with Gasteiger partial charge < -0.3 is 13.9 Å². The normalized spacial score (nSPS) is 19.9. The fourth-order valence-electron chi connectivity index (χ4n) is 8.78. The Bertz CT molecular complexity index is 4910. The summed E-state index contributed by atoms with van der Waals surface area (Å²) in [6, 6.07) is 12.5.